The number of anilines is 1. The van der Waals surface area contributed by atoms with Gasteiger partial charge in [0.2, 0.25) is 0 Å². The molecule has 2 aliphatic rings. The first kappa shape index (κ1) is 12.4. The summed E-state index contributed by atoms with van der Waals surface area (Å²) in [5, 5.41) is 12.3. The molecule has 2 aromatic carbocycles. The summed E-state index contributed by atoms with van der Waals surface area (Å²) in [4.78, 5) is 23.5. The highest BCUT2D eigenvalue weighted by molar-refractivity contribution is 6.05. The second-order valence-corrected chi connectivity index (χ2v) is 4.89. The van der Waals surface area contributed by atoms with Crippen molar-refractivity contribution in [2.45, 2.75) is 0 Å². The molecule has 0 atom stereocenters. The van der Waals surface area contributed by atoms with Gasteiger partial charge in [0.05, 0.1) is 16.3 Å². The average molecular weight is 291 g/mol. The van der Waals surface area contributed by atoms with Crippen LogP contribution in [-0.2, 0) is 0 Å². The Hall–Kier alpha value is -3.35. The van der Waals surface area contributed by atoms with Crippen LogP contribution in [0.4, 0.5) is 22.7 Å². The predicted molar refractivity (Wildman–Crippen MR) is 83.5 cm³/mol. The van der Waals surface area contributed by atoms with Gasteiger partial charge in [-0.1, -0.05) is 0 Å². The Bertz CT molecular complexity index is 1000. The van der Waals surface area contributed by atoms with Gasteiger partial charge in [-0.2, -0.15) is 0 Å². The number of nitrogens with zero attached hydrogens (tertiary/aromatic N) is 4. The van der Waals surface area contributed by atoms with Crippen LogP contribution in [0.15, 0.2) is 45.3 Å². The van der Waals surface area contributed by atoms with Gasteiger partial charge in [0.1, 0.15) is 11.0 Å². The number of aliphatic imine (C=N–C) groups is 2. The van der Waals surface area contributed by atoms with E-state index in [0.29, 0.717) is 28.1 Å². The van der Waals surface area contributed by atoms with Gasteiger partial charge in [0.25, 0.3) is 5.69 Å². The van der Waals surface area contributed by atoms with Crippen molar-refractivity contribution in [3.8, 4) is 0 Å². The summed E-state index contributed by atoms with van der Waals surface area (Å²) >= 11 is 0. The van der Waals surface area contributed by atoms with Gasteiger partial charge >= 0.3 is 0 Å². The van der Waals surface area contributed by atoms with E-state index in [1.807, 2.05) is 6.08 Å². The Balaban J connectivity index is 1.85. The standard InChI is InChI=1S/C15H9N5O2/c16-11-7-12-10(5-6-17-12)13-14(11)19-15(18-13)8-1-3-9(4-2-8)20(21)22/h1-7H,16H2. The summed E-state index contributed by atoms with van der Waals surface area (Å²) in [5.74, 6) is 0.491. The van der Waals surface area contributed by atoms with E-state index in [2.05, 4.69) is 15.0 Å². The van der Waals surface area contributed by atoms with Crippen LogP contribution in [0.5, 0.6) is 0 Å². The highest BCUT2D eigenvalue weighted by Crippen LogP contribution is 2.25. The fourth-order valence-electron chi connectivity index (χ4n) is 2.47. The molecule has 0 spiro atoms. The normalized spacial score (nSPS) is 13.9. The molecular weight excluding hydrogens is 282 g/mol. The summed E-state index contributed by atoms with van der Waals surface area (Å²) in [7, 11) is 0. The predicted octanol–water partition coefficient (Wildman–Crippen LogP) is 1.38. The first-order chi connectivity index (χ1) is 10.6. The summed E-state index contributed by atoms with van der Waals surface area (Å²) in [6, 6.07) is 7.89. The van der Waals surface area contributed by atoms with Crippen molar-refractivity contribution in [2.75, 3.05) is 5.73 Å². The number of nitrogens with two attached hydrogens (primary N) is 1. The van der Waals surface area contributed by atoms with Gasteiger partial charge in [0.15, 0.2) is 5.84 Å². The SMILES string of the molecule is Nc1cc2c(c3c1N=C(c1ccc([N+](=O)[O-])cc1)N=3)=CC=N2. The maximum atomic E-state index is 10.7. The zero-order valence-corrected chi connectivity index (χ0v) is 11.2. The Morgan fingerprint density at radius 3 is 2.64 bits per heavy atom. The van der Waals surface area contributed by atoms with Gasteiger partial charge in [-0.15, -0.1) is 0 Å². The molecular formula is C15H9N5O2. The average Bonchev–Trinajstić information content (AvgIpc) is 3.13. The van der Waals surface area contributed by atoms with Gasteiger partial charge < -0.3 is 5.73 Å². The zero-order chi connectivity index (χ0) is 15.3. The minimum absolute atomic E-state index is 0.0296. The third-order valence-corrected chi connectivity index (χ3v) is 3.55. The van der Waals surface area contributed by atoms with Crippen LogP contribution in [0.3, 0.4) is 0 Å². The summed E-state index contributed by atoms with van der Waals surface area (Å²) in [5.41, 5.74) is 8.65. The maximum Gasteiger partial charge on any atom is 0.269 e. The number of benzene rings is 2. The number of hydrogen-bond donors (Lipinski definition) is 1. The highest BCUT2D eigenvalue weighted by Gasteiger charge is 2.17. The van der Waals surface area contributed by atoms with Crippen LogP contribution in [-0.4, -0.2) is 17.0 Å². The van der Waals surface area contributed by atoms with Crippen molar-refractivity contribution in [2.24, 2.45) is 15.0 Å². The fraction of sp³-hybridized carbons (Fsp3) is 0. The molecule has 0 saturated heterocycles. The number of amidine groups is 1. The topological polar surface area (TPSA) is 106 Å². The number of nitrogen functional groups attached to an aromatic ring is 1. The van der Waals surface area contributed by atoms with Gasteiger partial charge in [0, 0.05) is 29.1 Å². The fourth-order valence-corrected chi connectivity index (χ4v) is 2.47. The molecule has 0 aromatic heterocycles. The van der Waals surface area contributed by atoms with Crippen molar-refractivity contribution >= 4 is 40.9 Å². The lowest BCUT2D eigenvalue weighted by molar-refractivity contribution is -0.384. The molecule has 0 fully saturated rings. The third kappa shape index (κ3) is 1.72. The van der Waals surface area contributed by atoms with Crippen molar-refractivity contribution in [1.29, 1.82) is 0 Å². The van der Waals surface area contributed by atoms with E-state index in [-0.39, 0.29) is 5.69 Å². The molecule has 4 rings (SSSR count). The number of non-ortho nitro benzene ring substituents is 1. The molecule has 0 saturated carbocycles. The van der Waals surface area contributed by atoms with Crippen LogP contribution < -0.4 is 16.3 Å². The maximum absolute atomic E-state index is 10.7. The van der Waals surface area contributed by atoms with E-state index in [4.69, 9.17) is 5.73 Å². The van der Waals surface area contributed by atoms with E-state index < -0.39 is 4.92 Å². The lowest BCUT2D eigenvalue weighted by Crippen LogP contribution is -2.24. The van der Waals surface area contributed by atoms with Gasteiger partial charge in [-0.25, -0.2) is 9.98 Å². The largest absolute Gasteiger partial charge is 0.397 e. The molecule has 2 heterocycles. The third-order valence-electron chi connectivity index (χ3n) is 3.55. The van der Waals surface area contributed by atoms with Crippen LogP contribution in [0.25, 0.3) is 6.08 Å². The number of nitro groups is 1. The Morgan fingerprint density at radius 1 is 1.14 bits per heavy atom. The van der Waals surface area contributed by atoms with E-state index in [1.165, 1.54) is 12.1 Å². The number of nitro benzene ring substituents is 1. The molecule has 7 heteroatoms. The van der Waals surface area contributed by atoms with E-state index in [9.17, 15) is 10.1 Å². The molecule has 7 nitrogen and oxygen atoms in total. The van der Waals surface area contributed by atoms with Crippen LogP contribution in [0.2, 0.25) is 0 Å². The van der Waals surface area contributed by atoms with Crippen molar-refractivity contribution in [1.82, 2.24) is 0 Å². The lowest BCUT2D eigenvalue weighted by atomic mass is 10.2. The highest BCUT2D eigenvalue weighted by atomic mass is 16.6. The number of fused-ring (bicyclic) bond motifs is 3. The van der Waals surface area contributed by atoms with Crippen LogP contribution >= 0.6 is 0 Å². The smallest absolute Gasteiger partial charge is 0.269 e. The van der Waals surface area contributed by atoms with E-state index in [0.717, 1.165) is 10.9 Å². The summed E-state index contributed by atoms with van der Waals surface area (Å²) in [6.07, 6.45) is 3.56. The lowest BCUT2D eigenvalue weighted by Gasteiger charge is -1.98. The van der Waals surface area contributed by atoms with Crippen molar-refractivity contribution in [3.63, 3.8) is 0 Å². The second-order valence-electron chi connectivity index (χ2n) is 4.89. The quantitative estimate of drug-likeness (QED) is 0.513. The molecule has 0 amide bonds. The zero-order valence-electron chi connectivity index (χ0n) is 11.2. The summed E-state index contributed by atoms with van der Waals surface area (Å²) < 4.78 is 0. The molecule has 2 aliphatic heterocycles. The second kappa shape index (κ2) is 4.32. The first-order valence-electron chi connectivity index (χ1n) is 6.52. The van der Waals surface area contributed by atoms with E-state index in [1.54, 1.807) is 24.4 Å². The molecule has 2 aromatic rings. The van der Waals surface area contributed by atoms with Crippen LogP contribution in [0.1, 0.15) is 5.56 Å². The molecule has 0 radical (unpaired) electrons. The van der Waals surface area contributed by atoms with Gasteiger partial charge in [-0.05, 0) is 24.3 Å². The summed E-state index contributed by atoms with van der Waals surface area (Å²) in [6.45, 7) is 0. The molecule has 2 N–H and O–H groups in total. The monoisotopic (exact) mass is 291 g/mol. The van der Waals surface area contributed by atoms with Crippen molar-refractivity contribution in [3.05, 3.63) is 56.6 Å². The first-order valence-corrected chi connectivity index (χ1v) is 6.52. The molecule has 0 unspecified atom stereocenters. The minimum Gasteiger partial charge on any atom is -0.397 e. The number of hydrogen-bond acceptors (Lipinski definition) is 6. The Kier molecular flexibility index (Phi) is 2.43. The number of rotatable bonds is 2. The molecule has 106 valence electrons. The molecule has 0 bridgehead atoms. The molecule has 22 heavy (non-hydrogen) atoms. The Labute approximate surface area is 124 Å². The molecule has 0 aliphatic carbocycles. The minimum atomic E-state index is -0.441. The van der Waals surface area contributed by atoms with Crippen LogP contribution in [0, 0.1) is 10.1 Å². The van der Waals surface area contributed by atoms with Gasteiger partial charge in [-0.3, -0.25) is 15.1 Å². The Morgan fingerprint density at radius 2 is 1.91 bits per heavy atom. The van der Waals surface area contributed by atoms with Crippen molar-refractivity contribution < 1.29 is 4.92 Å². The van der Waals surface area contributed by atoms with E-state index >= 15 is 0 Å².